The summed E-state index contributed by atoms with van der Waals surface area (Å²) in [4.78, 5) is 10.0. The Bertz CT molecular complexity index is 301. The number of aliphatic hydroxyl groups is 1. The van der Waals surface area contributed by atoms with Gasteiger partial charge in [0.25, 0.3) is 0 Å². The molecule has 0 aromatic heterocycles. The third-order valence-corrected chi connectivity index (χ3v) is 1.87. The molecule has 4 heteroatoms. The third kappa shape index (κ3) is 2.74. The largest absolute Gasteiger partial charge is 0.497 e. The molecule has 1 aromatic rings. The highest BCUT2D eigenvalue weighted by Gasteiger charge is 2.06. The van der Waals surface area contributed by atoms with Crippen molar-refractivity contribution in [1.29, 1.82) is 0 Å². The number of rotatable bonds is 5. The topological polar surface area (TPSA) is 58.6 Å². The van der Waals surface area contributed by atoms with Crippen LogP contribution < -0.4 is 10.1 Å². The molecule has 0 saturated carbocycles. The van der Waals surface area contributed by atoms with Gasteiger partial charge in [0.2, 0.25) is 6.41 Å². The molecule has 2 N–H and O–H groups in total. The van der Waals surface area contributed by atoms with E-state index in [4.69, 9.17) is 4.74 Å². The fourth-order valence-electron chi connectivity index (χ4n) is 1.13. The van der Waals surface area contributed by atoms with Crippen LogP contribution in [-0.4, -0.2) is 25.2 Å². The summed E-state index contributed by atoms with van der Waals surface area (Å²) in [5, 5.41) is 12.0. The molecule has 0 aliphatic carbocycles. The molecule has 14 heavy (non-hydrogen) atoms. The van der Waals surface area contributed by atoms with Crippen molar-refractivity contribution in [3.05, 3.63) is 29.8 Å². The Kier molecular flexibility index (Phi) is 3.94. The third-order valence-electron chi connectivity index (χ3n) is 1.87. The number of hydrogen-bond donors (Lipinski definition) is 2. The number of benzene rings is 1. The molecule has 1 aromatic carbocycles. The van der Waals surface area contributed by atoms with Gasteiger partial charge in [-0.3, -0.25) is 4.79 Å². The van der Waals surface area contributed by atoms with Crippen molar-refractivity contribution in [3.63, 3.8) is 0 Å². The van der Waals surface area contributed by atoms with Crippen molar-refractivity contribution in [2.24, 2.45) is 0 Å². The molecule has 1 unspecified atom stereocenters. The Labute approximate surface area is 82.5 Å². The van der Waals surface area contributed by atoms with Gasteiger partial charge >= 0.3 is 0 Å². The summed E-state index contributed by atoms with van der Waals surface area (Å²) in [5.41, 5.74) is 0.721. The van der Waals surface area contributed by atoms with E-state index in [0.29, 0.717) is 12.2 Å². The zero-order valence-corrected chi connectivity index (χ0v) is 7.93. The first-order chi connectivity index (χ1) is 6.77. The lowest BCUT2D eigenvalue weighted by molar-refractivity contribution is -0.109. The van der Waals surface area contributed by atoms with Crippen LogP contribution in [0.1, 0.15) is 11.7 Å². The summed E-state index contributed by atoms with van der Waals surface area (Å²) < 4.78 is 5.01. The normalized spacial score (nSPS) is 11.9. The molecule has 0 fully saturated rings. The number of methoxy groups -OCH3 is 1. The van der Waals surface area contributed by atoms with Crippen LogP contribution in [0, 0.1) is 0 Å². The fourth-order valence-corrected chi connectivity index (χ4v) is 1.13. The number of nitrogens with one attached hydrogen (secondary N) is 1. The predicted octanol–water partition coefficient (Wildman–Crippen LogP) is 0.475. The van der Waals surface area contributed by atoms with E-state index in [1.54, 1.807) is 31.4 Å². The Hall–Kier alpha value is -1.55. The van der Waals surface area contributed by atoms with Crippen molar-refractivity contribution >= 4 is 6.41 Å². The average molecular weight is 195 g/mol. The molecule has 1 atom stereocenters. The fraction of sp³-hybridized carbons (Fsp3) is 0.300. The van der Waals surface area contributed by atoms with E-state index in [2.05, 4.69) is 5.32 Å². The molecule has 0 spiro atoms. The maximum Gasteiger partial charge on any atom is 0.207 e. The average Bonchev–Trinajstić information content (AvgIpc) is 2.26. The number of amides is 1. The molecule has 0 aliphatic heterocycles. The van der Waals surface area contributed by atoms with Gasteiger partial charge in [0.05, 0.1) is 13.2 Å². The van der Waals surface area contributed by atoms with Crippen molar-refractivity contribution in [2.45, 2.75) is 6.10 Å². The number of ether oxygens (including phenoxy) is 1. The van der Waals surface area contributed by atoms with Crippen LogP contribution in [0.5, 0.6) is 5.75 Å². The number of hydrogen-bond acceptors (Lipinski definition) is 3. The molecule has 0 radical (unpaired) electrons. The Balaban J connectivity index is 2.68. The van der Waals surface area contributed by atoms with E-state index in [1.165, 1.54) is 0 Å². The van der Waals surface area contributed by atoms with Gasteiger partial charge in [0, 0.05) is 6.54 Å². The van der Waals surface area contributed by atoms with Crippen LogP contribution in [-0.2, 0) is 4.79 Å². The van der Waals surface area contributed by atoms with Crippen molar-refractivity contribution in [3.8, 4) is 5.75 Å². The van der Waals surface area contributed by atoms with Crippen molar-refractivity contribution in [2.75, 3.05) is 13.7 Å². The highest BCUT2D eigenvalue weighted by atomic mass is 16.5. The summed E-state index contributed by atoms with van der Waals surface area (Å²) in [6.45, 7) is 0.205. The molecule has 1 rings (SSSR count). The lowest BCUT2D eigenvalue weighted by Crippen LogP contribution is -2.19. The van der Waals surface area contributed by atoms with Crippen LogP contribution in [0.4, 0.5) is 0 Å². The molecular formula is C10H13NO3. The van der Waals surface area contributed by atoms with Gasteiger partial charge < -0.3 is 15.2 Å². The molecule has 76 valence electrons. The number of carbonyl (C=O) groups excluding carboxylic acids is 1. The van der Waals surface area contributed by atoms with Crippen LogP contribution in [0.3, 0.4) is 0 Å². The lowest BCUT2D eigenvalue weighted by Gasteiger charge is -2.10. The van der Waals surface area contributed by atoms with E-state index in [-0.39, 0.29) is 6.54 Å². The molecule has 0 heterocycles. The van der Waals surface area contributed by atoms with Gasteiger partial charge in [-0.15, -0.1) is 0 Å². The summed E-state index contributed by atoms with van der Waals surface area (Å²) in [6, 6.07) is 7.10. The molecule has 0 saturated heterocycles. The summed E-state index contributed by atoms with van der Waals surface area (Å²) in [5.74, 6) is 0.688. The molecule has 0 bridgehead atoms. The number of aliphatic hydroxyl groups excluding tert-OH is 1. The van der Waals surface area contributed by atoms with Crippen molar-refractivity contribution < 1.29 is 14.6 Å². The monoisotopic (exact) mass is 195 g/mol. The summed E-state index contributed by atoms with van der Waals surface area (Å²) in [6.07, 6.45) is -0.140. The van der Waals surface area contributed by atoms with Gasteiger partial charge in [0.1, 0.15) is 5.75 Å². The highest BCUT2D eigenvalue weighted by Crippen LogP contribution is 2.18. The van der Waals surface area contributed by atoms with Gasteiger partial charge in [-0.1, -0.05) is 12.1 Å². The minimum absolute atomic E-state index is 0.205. The number of carbonyl (C=O) groups is 1. The highest BCUT2D eigenvalue weighted by molar-refractivity contribution is 5.46. The second-order valence-corrected chi connectivity index (χ2v) is 2.82. The summed E-state index contributed by atoms with van der Waals surface area (Å²) in [7, 11) is 1.56. The SMILES string of the molecule is COc1cccc(C(O)CNC=O)c1. The van der Waals surface area contributed by atoms with Gasteiger partial charge in [-0.25, -0.2) is 0 Å². The first kappa shape index (κ1) is 10.5. The predicted molar refractivity (Wildman–Crippen MR) is 52.0 cm³/mol. The first-order valence-corrected chi connectivity index (χ1v) is 4.27. The zero-order valence-electron chi connectivity index (χ0n) is 7.93. The molecule has 1 amide bonds. The smallest absolute Gasteiger partial charge is 0.207 e. The van der Waals surface area contributed by atoms with E-state index >= 15 is 0 Å². The quantitative estimate of drug-likeness (QED) is 0.672. The standard InChI is InChI=1S/C10H13NO3/c1-14-9-4-2-3-8(5-9)10(13)6-11-7-12/h2-5,7,10,13H,6H2,1H3,(H,11,12). The van der Waals surface area contributed by atoms with Gasteiger partial charge in [-0.05, 0) is 17.7 Å². The van der Waals surface area contributed by atoms with Crippen LogP contribution in [0.25, 0.3) is 0 Å². The van der Waals surface area contributed by atoms with Crippen molar-refractivity contribution in [1.82, 2.24) is 5.32 Å². The molecular weight excluding hydrogens is 182 g/mol. The molecule has 4 nitrogen and oxygen atoms in total. The first-order valence-electron chi connectivity index (χ1n) is 4.27. The van der Waals surface area contributed by atoms with Gasteiger partial charge in [0.15, 0.2) is 0 Å². The second kappa shape index (κ2) is 5.24. The van der Waals surface area contributed by atoms with E-state index in [9.17, 15) is 9.90 Å². The molecule has 0 aliphatic rings. The van der Waals surface area contributed by atoms with Crippen LogP contribution in [0.15, 0.2) is 24.3 Å². The lowest BCUT2D eigenvalue weighted by atomic mass is 10.1. The summed E-state index contributed by atoms with van der Waals surface area (Å²) >= 11 is 0. The maximum absolute atomic E-state index is 10.0. The second-order valence-electron chi connectivity index (χ2n) is 2.82. The Morgan fingerprint density at radius 2 is 2.43 bits per heavy atom. The van der Waals surface area contributed by atoms with Gasteiger partial charge in [-0.2, -0.15) is 0 Å². The van der Waals surface area contributed by atoms with E-state index in [0.717, 1.165) is 5.56 Å². The van der Waals surface area contributed by atoms with Crippen LogP contribution >= 0.6 is 0 Å². The van der Waals surface area contributed by atoms with Crippen LogP contribution in [0.2, 0.25) is 0 Å². The Morgan fingerprint density at radius 3 is 3.07 bits per heavy atom. The van der Waals surface area contributed by atoms with E-state index in [1.807, 2.05) is 0 Å². The maximum atomic E-state index is 10.0. The minimum atomic E-state index is -0.699. The van der Waals surface area contributed by atoms with E-state index < -0.39 is 6.10 Å². The zero-order chi connectivity index (χ0) is 10.4. The Morgan fingerprint density at radius 1 is 1.64 bits per heavy atom. The minimum Gasteiger partial charge on any atom is -0.497 e.